The van der Waals surface area contributed by atoms with Crippen LogP contribution in [0.15, 0.2) is 47.2 Å². The van der Waals surface area contributed by atoms with Gasteiger partial charge in [0.05, 0.1) is 5.69 Å². The number of esters is 1. The lowest BCUT2D eigenvalue weighted by atomic mass is 10.2. The van der Waals surface area contributed by atoms with Crippen molar-refractivity contribution in [2.75, 3.05) is 13.2 Å². The van der Waals surface area contributed by atoms with Crippen molar-refractivity contribution in [1.82, 2.24) is 14.6 Å². The number of nitrogens with zero attached hydrogens (tertiary/aromatic N) is 3. The number of ether oxygens (including phenoxy) is 2. The van der Waals surface area contributed by atoms with Crippen molar-refractivity contribution in [3.05, 3.63) is 58.5 Å². The molecule has 0 saturated heterocycles. The van der Waals surface area contributed by atoms with Crippen molar-refractivity contribution in [3.8, 4) is 5.75 Å². The molecule has 6 nitrogen and oxygen atoms in total. The molecule has 0 atom stereocenters. The van der Waals surface area contributed by atoms with Crippen molar-refractivity contribution in [2.24, 2.45) is 0 Å². The molecule has 0 bridgehead atoms. The van der Waals surface area contributed by atoms with Gasteiger partial charge in [-0.1, -0.05) is 22.0 Å². The quantitative estimate of drug-likeness (QED) is 0.506. The third-order valence-electron chi connectivity index (χ3n) is 3.16. The highest BCUT2D eigenvalue weighted by Crippen LogP contribution is 2.18. The molecular formula is C16H14BrN3O3. The number of halogens is 1. The maximum absolute atomic E-state index is 12.2. The summed E-state index contributed by atoms with van der Waals surface area (Å²) in [4.78, 5) is 16.4. The van der Waals surface area contributed by atoms with E-state index in [4.69, 9.17) is 9.47 Å². The van der Waals surface area contributed by atoms with Crippen molar-refractivity contribution in [3.63, 3.8) is 0 Å². The standard InChI is InChI=1S/C16H14BrN3O3/c1-11-14(15-18-6-3-7-20(15)19-11)16(21)23-9-8-22-13-5-2-4-12(17)10-13/h2-7,10H,8-9H2,1H3. The van der Waals surface area contributed by atoms with Crippen LogP contribution in [0, 0.1) is 6.92 Å². The molecule has 0 unspecified atom stereocenters. The van der Waals surface area contributed by atoms with Crippen LogP contribution in [-0.4, -0.2) is 33.8 Å². The zero-order valence-corrected chi connectivity index (χ0v) is 14.0. The zero-order valence-electron chi connectivity index (χ0n) is 12.4. The van der Waals surface area contributed by atoms with E-state index >= 15 is 0 Å². The van der Waals surface area contributed by atoms with E-state index in [1.54, 1.807) is 29.9 Å². The van der Waals surface area contributed by atoms with E-state index in [1.165, 1.54) is 0 Å². The SMILES string of the molecule is Cc1nn2cccnc2c1C(=O)OCCOc1cccc(Br)c1. The van der Waals surface area contributed by atoms with Gasteiger partial charge >= 0.3 is 5.97 Å². The maximum Gasteiger partial charge on any atom is 0.344 e. The molecule has 0 aliphatic rings. The van der Waals surface area contributed by atoms with Gasteiger partial charge in [-0.05, 0) is 31.2 Å². The van der Waals surface area contributed by atoms with Crippen LogP contribution in [0.1, 0.15) is 16.1 Å². The molecule has 0 saturated carbocycles. The molecule has 0 radical (unpaired) electrons. The highest BCUT2D eigenvalue weighted by molar-refractivity contribution is 9.10. The number of aryl methyl sites for hydroxylation is 1. The van der Waals surface area contributed by atoms with Gasteiger partial charge in [0.2, 0.25) is 0 Å². The highest BCUT2D eigenvalue weighted by Gasteiger charge is 2.19. The Balaban J connectivity index is 1.60. The van der Waals surface area contributed by atoms with Gasteiger partial charge in [0.1, 0.15) is 24.5 Å². The Hall–Kier alpha value is -2.41. The largest absolute Gasteiger partial charge is 0.490 e. The first-order valence-corrected chi connectivity index (χ1v) is 7.80. The van der Waals surface area contributed by atoms with Crippen LogP contribution in [0.5, 0.6) is 5.75 Å². The second-order valence-corrected chi connectivity index (χ2v) is 5.71. The van der Waals surface area contributed by atoms with Crippen molar-refractivity contribution in [2.45, 2.75) is 6.92 Å². The molecule has 1 aromatic carbocycles. The molecule has 2 heterocycles. The molecule has 0 spiro atoms. The fraction of sp³-hybridized carbons (Fsp3) is 0.188. The molecule has 0 fully saturated rings. The van der Waals surface area contributed by atoms with Crippen molar-refractivity contribution in [1.29, 1.82) is 0 Å². The van der Waals surface area contributed by atoms with Crippen LogP contribution in [0.25, 0.3) is 5.65 Å². The summed E-state index contributed by atoms with van der Waals surface area (Å²) in [5, 5.41) is 4.24. The van der Waals surface area contributed by atoms with Gasteiger partial charge < -0.3 is 9.47 Å². The van der Waals surface area contributed by atoms with Crippen molar-refractivity contribution >= 4 is 27.5 Å². The second kappa shape index (κ2) is 6.78. The summed E-state index contributed by atoms with van der Waals surface area (Å²) in [5.41, 5.74) is 1.46. The minimum atomic E-state index is -0.450. The fourth-order valence-electron chi connectivity index (χ4n) is 2.16. The molecule has 3 rings (SSSR count). The Kier molecular flexibility index (Phi) is 4.57. The van der Waals surface area contributed by atoms with E-state index in [1.807, 2.05) is 24.3 Å². The Bertz CT molecular complexity index is 847. The Morgan fingerprint density at radius 3 is 3.00 bits per heavy atom. The number of rotatable bonds is 5. The minimum Gasteiger partial charge on any atom is -0.490 e. The first kappa shape index (κ1) is 15.5. The average molecular weight is 376 g/mol. The highest BCUT2D eigenvalue weighted by atomic mass is 79.9. The topological polar surface area (TPSA) is 65.7 Å². The third kappa shape index (κ3) is 3.50. The van der Waals surface area contributed by atoms with Crippen molar-refractivity contribution < 1.29 is 14.3 Å². The fourth-order valence-corrected chi connectivity index (χ4v) is 2.54. The Morgan fingerprint density at radius 2 is 2.17 bits per heavy atom. The lowest BCUT2D eigenvalue weighted by Gasteiger charge is -2.07. The van der Waals surface area contributed by atoms with Gasteiger partial charge in [0, 0.05) is 16.9 Å². The average Bonchev–Trinajstić information content (AvgIpc) is 2.87. The Labute approximate surface area is 141 Å². The number of benzene rings is 1. The summed E-state index contributed by atoms with van der Waals surface area (Å²) in [6.45, 7) is 2.17. The molecule has 23 heavy (non-hydrogen) atoms. The van der Waals surface area contributed by atoms with E-state index in [-0.39, 0.29) is 13.2 Å². The summed E-state index contributed by atoms with van der Waals surface area (Å²) in [7, 11) is 0. The molecule has 0 N–H and O–H groups in total. The predicted octanol–water partition coefficient (Wildman–Crippen LogP) is 3.04. The first-order valence-electron chi connectivity index (χ1n) is 7.00. The molecule has 0 aliphatic carbocycles. The van der Waals surface area contributed by atoms with E-state index in [0.717, 1.165) is 4.47 Å². The van der Waals surface area contributed by atoms with E-state index in [2.05, 4.69) is 26.0 Å². The molecular weight excluding hydrogens is 362 g/mol. The first-order chi connectivity index (χ1) is 11.1. The van der Waals surface area contributed by atoms with E-state index in [0.29, 0.717) is 22.7 Å². The van der Waals surface area contributed by atoms with Gasteiger partial charge in [-0.3, -0.25) is 0 Å². The van der Waals surface area contributed by atoms with Crippen LogP contribution in [0.2, 0.25) is 0 Å². The predicted molar refractivity (Wildman–Crippen MR) is 87.6 cm³/mol. The summed E-state index contributed by atoms with van der Waals surface area (Å²) in [5.74, 6) is 0.262. The number of hydrogen-bond donors (Lipinski definition) is 0. The van der Waals surface area contributed by atoms with Gasteiger partial charge in [-0.2, -0.15) is 5.10 Å². The smallest absolute Gasteiger partial charge is 0.344 e. The summed E-state index contributed by atoms with van der Waals surface area (Å²) in [6, 6.07) is 9.22. The van der Waals surface area contributed by atoms with Gasteiger partial charge in [0.25, 0.3) is 0 Å². The summed E-state index contributed by atoms with van der Waals surface area (Å²) >= 11 is 3.37. The molecule has 0 aliphatic heterocycles. The van der Waals surface area contributed by atoms with E-state index in [9.17, 15) is 4.79 Å². The summed E-state index contributed by atoms with van der Waals surface area (Å²) < 4.78 is 13.3. The normalized spacial score (nSPS) is 10.7. The maximum atomic E-state index is 12.2. The van der Waals surface area contributed by atoms with Gasteiger partial charge in [-0.25, -0.2) is 14.3 Å². The van der Waals surface area contributed by atoms with E-state index < -0.39 is 5.97 Å². The molecule has 0 amide bonds. The lowest BCUT2D eigenvalue weighted by molar-refractivity contribution is 0.0451. The van der Waals surface area contributed by atoms with Crippen LogP contribution >= 0.6 is 15.9 Å². The number of aromatic nitrogens is 3. The van der Waals surface area contributed by atoms with Gasteiger partial charge in [0.15, 0.2) is 5.65 Å². The van der Waals surface area contributed by atoms with Crippen LogP contribution in [-0.2, 0) is 4.74 Å². The monoisotopic (exact) mass is 375 g/mol. The van der Waals surface area contributed by atoms with Crippen LogP contribution in [0.4, 0.5) is 0 Å². The number of hydrogen-bond acceptors (Lipinski definition) is 5. The number of carbonyl (C=O) groups excluding carboxylic acids is 1. The molecule has 3 aromatic rings. The third-order valence-corrected chi connectivity index (χ3v) is 3.65. The lowest BCUT2D eigenvalue weighted by Crippen LogP contribution is -2.13. The summed E-state index contributed by atoms with van der Waals surface area (Å²) in [6.07, 6.45) is 3.35. The molecule has 2 aromatic heterocycles. The molecule has 7 heteroatoms. The Morgan fingerprint density at radius 1 is 1.30 bits per heavy atom. The zero-order chi connectivity index (χ0) is 16.2. The van der Waals surface area contributed by atoms with Crippen LogP contribution in [0.3, 0.4) is 0 Å². The van der Waals surface area contributed by atoms with Crippen LogP contribution < -0.4 is 4.74 Å². The molecule has 118 valence electrons. The second-order valence-electron chi connectivity index (χ2n) is 4.79. The number of carbonyl (C=O) groups is 1. The minimum absolute atomic E-state index is 0.148. The number of fused-ring (bicyclic) bond motifs is 1. The van der Waals surface area contributed by atoms with Gasteiger partial charge in [-0.15, -0.1) is 0 Å².